The van der Waals surface area contributed by atoms with E-state index in [4.69, 9.17) is 25.8 Å². The molecule has 5 nitrogen and oxygen atoms in total. The van der Waals surface area contributed by atoms with Crippen LogP contribution in [-0.2, 0) is 9.53 Å². The van der Waals surface area contributed by atoms with Crippen molar-refractivity contribution in [3.8, 4) is 11.5 Å². The monoisotopic (exact) mass is 421 g/mol. The number of hydrogen-bond acceptors (Lipinski definition) is 5. The second-order valence-electron chi connectivity index (χ2n) is 5.08. The van der Waals surface area contributed by atoms with E-state index >= 15 is 0 Å². The van der Waals surface area contributed by atoms with E-state index in [2.05, 4.69) is 20.9 Å². The van der Waals surface area contributed by atoms with Gasteiger partial charge < -0.3 is 14.2 Å². The van der Waals surface area contributed by atoms with E-state index in [0.717, 1.165) is 4.47 Å². The van der Waals surface area contributed by atoms with Gasteiger partial charge in [-0.05, 0) is 42.0 Å². The Labute approximate surface area is 158 Å². The molecule has 0 unspecified atom stereocenters. The first-order chi connectivity index (χ1) is 12.0. The van der Waals surface area contributed by atoms with Crippen LogP contribution < -0.4 is 9.47 Å². The fourth-order valence-corrected chi connectivity index (χ4v) is 3.03. The Balaban J connectivity index is 1.98. The van der Waals surface area contributed by atoms with Crippen LogP contribution in [0.1, 0.15) is 11.1 Å². The van der Waals surface area contributed by atoms with Crippen LogP contribution in [0.3, 0.4) is 0 Å². The third-order valence-corrected chi connectivity index (χ3v) is 4.23. The molecule has 7 heteroatoms. The molecule has 0 fully saturated rings. The molecular weight excluding hydrogens is 410 g/mol. The summed E-state index contributed by atoms with van der Waals surface area (Å²) < 4.78 is 16.6. The van der Waals surface area contributed by atoms with Gasteiger partial charge in [-0.3, -0.25) is 0 Å². The number of carbonyl (C=O) groups excluding carboxylic acids is 1. The third kappa shape index (κ3) is 3.70. The number of halogens is 2. The smallest absolute Gasteiger partial charge is 0.363 e. The predicted octanol–water partition coefficient (Wildman–Crippen LogP) is 4.46. The van der Waals surface area contributed by atoms with E-state index < -0.39 is 5.97 Å². The standard InChI is InChI=1S/C18H13BrClNO4/c1-23-15-8-10(6-13(20)16(15)24-2)7-14-18(22)25-17(21-14)11-4-3-5-12(19)9-11/h3-9H,1-2H3. The summed E-state index contributed by atoms with van der Waals surface area (Å²) in [6.07, 6.45) is 1.58. The highest BCUT2D eigenvalue weighted by molar-refractivity contribution is 9.10. The third-order valence-electron chi connectivity index (χ3n) is 3.45. The number of aliphatic imine (C=N–C) groups is 1. The van der Waals surface area contributed by atoms with Gasteiger partial charge in [-0.25, -0.2) is 9.79 Å². The molecule has 3 rings (SSSR count). The Kier molecular flexibility index (Phi) is 5.11. The minimum absolute atomic E-state index is 0.179. The maximum atomic E-state index is 12.1. The first-order valence-electron chi connectivity index (χ1n) is 7.22. The van der Waals surface area contributed by atoms with Gasteiger partial charge in [0.15, 0.2) is 17.2 Å². The Bertz CT molecular complexity index is 908. The zero-order chi connectivity index (χ0) is 18.0. The van der Waals surface area contributed by atoms with Crippen molar-refractivity contribution in [2.75, 3.05) is 14.2 Å². The molecule has 128 valence electrons. The highest BCUT2D eigenvalue weighted by atomic mass is 79.9. The highest BCUT2D eigenvalue weighted by Gasteiger charge is 2.24. The summed E-state index contributed by atoms with van der Waals surface area (Å²) in [4.78, 5) is 16.4. The average molecular weight is 423 g/mol. The minimum Gasteiger partial charge on any atom is -0.493 e. The van der Waals surface area contributed by atoms with Gasteiger partial charge in [0.05, 0.1) is 19.2 Å². The van der Waals surface area contributed by atoms with E-state index in [1.54, 1.807) is 18.2 Å². The summed E-state index contributed by atoms with van der Waals surface area (Å²) in [6.45, 7) is 0. The maximum absolute atomic E-state index is 12.1. The zero-order valence-electron chi connectivity index (χ0n) is 13.4. The number of cyclic esters (lactones) is 1. The number of hydrogen-bond donors (Lipinski definition) is 0. The summed E-state index contributed by atoms with van der Waals surface area (Å²) in [5.74, 6) is 0.619. The Hall–Kier alpha value is -2.31. The molecule has 0 aliphatic carbocycles. The largest absolute Gasteiger partial charge is 0.493 e. The molecule has 0 bridgehead atoms. The zero-order valence-corrected chi connectivity index (χ0v) is 15.7. The summed E-state index contributed by atoms with van der Waals surface area (Å²) in [7, 11) is 3.02. The van der Waals surface area contributed by atoms with Crippen molar-refractivity contribution in [3.05, 3.63) is 62.7 Å². The van der Waals surface area contributed by atoms with E-state index in [9.17, 15) is 4.79 Å². The maximum Gasteiger partial charge on any atom is 0.363 e. The number of rotatable bonds is 4. The number of ether oxygens (including phenoxy) is 3. The summed E-state index contributed by atoms with van der Waals surface area (Å²) in [6, 6.07) is 10.7. The van der Waals surface area contributed by atoms with Crippen LogP contribution in [0.25, 0.3) is 6.08 Å². The van der Waals surface area contributed by atoms with Gasteiger partial charge in [-0.15, -0.1) is 0 Å². The fraction of sp³-hybridized carbons (Fsp3) is 0.111. The molecule has 0 amide bonds. The summed E-state index contributed by atoms with van der Waals surface area (Å²) in [5.41, 5.74) is 1.53. The lowest BCUT2D eigenvalue weighted by molar-refractivity contribution is -0.129. The molecule has 0 saturated carbocycles. The molecule has 1 aliphatic rings. The lowest BCUT2D eigenvalue weighted by atomic mass is 10.1. The highest BCUT2D eigenvalue weighted by Crippen LogP contribution is 2.37. The second-order valence-corrected chi connectivity index (χ2v) is 6.41. The fourth-order valence-electron chi connectivity index (χ4n) is 2.33. The summed E-state index contributed by atoms with van der Waals surface area (Å²) >= 11 is 9.57. The number of carbonyl (C=O) groups is 1. The van der Waals surface area contributed by atoms with E-state index in [-0.39, 0.29) is 11.6 Å². The second kappa shape index (κ2) is 7.29. The van der Waals surface area contributed by atoms with Crippen molar-refractivity contribution in [2.45, 2.75) is 0 Å². The van der Waals surface area contributed by atoms with Crippen LogP contribution in [0.15, 0.2) is 51.6 Å². The Morgan fingerprint density at radius 1 is 1.20 bits per heavy atom. The van der Waals surface area contributed by atoms with Crippen molar-refractivity contribution < 1.29 is 19.0 Å². The van der Waals surface area contributed by atoms with E-state index in [0.29, 0.717) is 27.6 Å². The van der Waals surface area contributed by atoms with Crippen molar-refractivity contribution in [3.63, 3.8) is 0 Å². The minimum atomic E-state index is -0.527. The van der Waals surface area contributed by atoms with Gasteiger partial charge in [0, 0.05) is 10.0 Å². The van der Waals surface area contributed by atoms with E-state index in [1.165, 1.54) is 14.2 Å². The molecule has 1 aliphatic heterocycles. The lowest BCUT2D eigenvalue weighted by Crippen LogP contribution is -2.05. The molecule has 0 N–H and O–H groups in total. The molecule has 1 heterocycles. The van der Waals surface area contributed by atoms with Crippen LogP contribution in [0.2, 0.25) is 5.02 Å². The number of nitrogens with zero attached hydrogens (tertiary/aromatic N) is 1. The average Bonchev–Trinajstić information content (AvgIpc) is 2.95. The van der Waals surface area contributed by atoms with Crippen LogP contribution in [-0.4, -0.2) is 26.1 Å². The van der Waals surface area contributed by atoms with Crippen molar-refractivity contribution in [1.82, 2.24) is 0 Å². The SMILES string of the molecule is COc1cc(C=C2N=C(c3cccc(Br)c3)OC2=O)cc(Cl)c1OC. The first kappa shape index (κ1) is 17.5. The van der Waals surface area contributed by atoms with Crippen LogP contribution in [0, 0.1) is 0 Å². The van der Waals surface area contributed by atoms with E-state index in [1.807, 2.05) is 24.3 Å². The van der Waals surface area contributed by atoms with Gasteiger partial charge in [-0.2, -0.15) is 0 Å². The lowest BCUT2D eigenvalue weighted by Gasteiger charge is -2.10. The number of benzene rings is 2. The van der Waals surface area contributed by atoms with Gasteiger partial charge in [0.2, 0.25) is 5.90 Å². The molecule has 0 aromatic heterocycles. The van der Waals surface area contributed by atoms with Crippen molar-refractivity contribution in [2.24, 2.45) is 4.99 Å². The first-order valence-corrected chi connectivity index (χ1v) is 8.39. The van der Waals surface area contributed by atoms with Crippen LogP contribution in [0.5, 0.6) is 11.5 Å². The number of esters is 1. The van der Waals surface area contributed by atoms with Crippen molar-refractivity contribution >= 4 is 45.5 Å². The Morgan fingerprint density at radius 2 is 2.00 bits per heavy atom. The summed E-state index contributed by atoms with van der Waals surface area (Å²) in [5, 5.41) is 0.372. The molecule has 25 heavy (non-hydrogen) atoms. The predicted molar refractivity (Wildman–Crippen MR) is 99.3 cm³/mol. The normalized spacial score (nSPS) is 15.1. The van der Waals surface area contributed by atoms with Crippen LogP contribution in [0.4, 0.5) is 0 Å². The van der Waals surface area contributed by atoms with Gasteiger partial charge >= 0.3 is 5.97 Å². The number of methoxy groups -OCH3 is 2. The molecule has 0 radical (unpaired) electrons. The molecule has 0 saturated heterocycles. The van der Waals surface area contributed by atoms with Crippen LogP contribution >= 0.6 is 27.5 Å². The molecule has 2 aromatic carbocycles. The topological polar surface area (TPSA) is 57.1 Å². The van der Waals surface area contributed by atoms with Gasteiger partial charge in [0.1, 0.15) is 0 Å². The molecule has 2 aromatic rings. The molecule has 0 spiro atoms. The van der Waals surface area contributed by atoms with Crippen molar-refractivity contribution in [1.29, 1.82) is 0 Å². The Morgan fingerprint density at radius 3 is 2.68 bits per heavy atom. The quantitative estimate of drug-likeness (QED) is 0.539. The molecular formula is C18H13BrClNO4. The van der Waals surface area contributed by atoms with Gasteiger partial charge in [-0.1, -0.05) is 33.6 Å². The van der Waals surface area contributed by atoms with Gasteiger partial charge in [0.25, 0.3) is 0 Å². The molecule has 0 atom stereocenters.